The van der Waals surface area contributed by atoms with Gasteiger partial charge in [-0.25, -0.2) is 9.29 Å². The number of nitro groups is 1. The number of benzene rings is 2. The Bertz CT molecular complexity index is 987. The number of oxime groups is 1. The van der Waals surface area contributed by atoms with Crippen LogP contribution in [0.2, 0.25) is 0 Å². The van der Waals surface area contributed by atoms with E-state index in [1.165, 1.54) is 36.4 Å². The van der Waals surface area contributed by atoms with Crippen molar-refractivity contribution in [2.75, 3.05) is 4.90 Å². The summed E-state index contributed by atoms with van der Waals surface area (Å²) in [7, 11) is 0. The van der Waals surface area contributed by atoms with E-state index < -0.39 is 28.2 Å². The second-order valence-corrected chi connectivity index (χ2v) is 6.29. The van der Waals surface area contributed by atoms with Crippen LogP contribution >= 0.6 is 0 Å². The zero-order valence-electron chi connectivity index (χ0n) is 13.8. The lowest BCUT2D eigenvalue weighted by Crippen LogP contribution is -2.40. The molecule has 0 bridgehead atoms. The van der Waals surface area contributed by atoms with Gasteiger partial charge in [0.25, 0.3) is 11.6 Å². The Morgan fingerprint density at radius 3 is 2.37 bits per heavy atom. The fourth-order valence-corrected chi connectivity index (χ4v) is 3.18. The zero-order valence-corrected chi connectivity index (χ0v) is 13.8. The van der Waals surface area contributed by atoms with Crippen LogP contribution in [0.15, 0.2) is 53.7 Å². The summed E-state index contributed by atoms with van der Waals surface area (Å²) in [5.74, 6) is -1.51. The van der Waals surface area contributed by atoms with Gasteiger partial charge in [-0.15, -0.1) is 0 Å². The molecular formula is C18H12FN3O5. The lowest BCUT2D eigenvalue weighted by molar-refractivity contribution is -0.384. The first-order valence-electron chi connectivity index (χ1n) is 8.02. The smallest absolute Gasteiger partial charge is 0.281 e. The van der Waals surface area contributed by atoms with E-state index in [9.17, 15) is 24.1 Å². The van der Waals surface area contributed by atoms with Gasteiger partial charge in [0, 0.05) is 18.6 Å². The quantitative estimate of drug-likeness (QED) is 0.470. The molecule has 2 aromatic rings. The Balaban J connectivity index is 1.57. The van der Waals surface area contributed by atoms with Crippen LogP contribution in [0.4, 0.5) is 15.8 Å². The molecule has 1 spiro atoms. The minimum Gasteiger partial charge on any atom is -0.378 e. The van der Waals surface area contributed by atoms with E-state index in [1.807, 2.05) is 0 Å². The number of nitro benzene ring substituents is 1. The number of rotatable bonds is 3. The van der Waals surface area contributed by atoms with Gasteiger partial charge in [-0.05, 0) is 42.0 Å². The number of hydrogen-bond acceptors (Lipinski definition) is 6. The number of halogens is 1. The molecule has 1 fully saturated rings. The van der Waals surface area contributed by atoms with E-state index in [0.29, 0.717) is 11.3 Å². The molecule has 136 valence electrons. The van der Waals surface area contributed by atoms with Gasteiger partial charge >= 0.3 is 0 Å². The molecule has 1 saturated heterocycles. The van der Waals surface area contributed by atoms with Gasteiger partial charge in [0.2, 0.25) is 11.5 Å². The van der Waals surface area contributed by atoms with Crippen LogP contribution in [-0.4, -0.2) is 28.1 Å². The first-order valence-corrected chi connectivity index (χ1v) is 8.02. The normalized spacial score (nSPS) is 21.5. The summed E-state index contributed by atoms with van der Waals surface area (Å²) in [5, 5.41) is 14.7. The largest absolute Gasteiger partial charge is 0.378 e. The number of imide groups is 1. The van der Waals surface area contributed by atoms with Gasteiger partial charge in [-0.2, -0.15) is 0 Å². The summed E-state index contributed by atoms with van der Waals surface area (Å²) in [6, 6.07) is 10.7. The molecule has 2 heterocycles. The predicted molar refractivity (Wildman–Crippen MR) is 91.6 cm³/mol. The van der Waals surface area contributed by atoms with Crippen molar-refractivity contribution in [2.24, 2.45) is 5.16 Å². The summed E-state index contributed by atoms with van der Waals surface area (Å²) in [4.78, 5) is 41.8. The van der Waals surface area contributed by atoms with Gasteiger partial charge in [0.1, 0.15) is 5.82 Å². The van der Waals surface area contributed by atoms with Gasteiger partial charge in [0.15, 0.2) is 0 Å². The average molecular weight is 369 g/mol. The van der Waals surface area contributed by atoms with Crippen molar-refractivity contribution in [3.8, 4) is 0 Å². The molecule has 2 aromatic carbocycles. The summed E-state index contributed by atoms with van der Waals surface area (Å²) < 4.78 is 13.1. The number of anilines is 1. The molecule has 27 heavy (non-hydrogen) atoms. The Hall–Kier alpha value is -3.62. The highest BCUT2D eigenvalue weighted by molar-refractivity contribution is 6.25. The van der Waals surface area contributed by atoms with Crippen molar-refractivity contribution in [1.82, 2.24) is 0 Å². The molecule has 4 rings (SSSR count). The van der Waals surface area contributed by atoms with Gasteiger partial charge in [-0.3, -0.25) is 19.7 Å². The van der Waals surface area contributed by atoms with Crippen molar-refractivity contribution in [3.63, 3.8) is 0 Å². The van der Waals surface area contributed by atoms with Crippen LogP contribution in [0.3, 0.4) is 0 Å². The molecule has 8 nitrogen and oxygen atoms in total. The second-order valence-electron chi connectivity index (χ2n) is 6.29. The van der Waals surface area contributed by atoms with Crippen molar-refractivity contribution >= 4 is 28.9 Å². The molecule has 2 amide bonds. The molecule has 0 radical (unpaired) electrons. The van der Waals surface area contributed by atoms with Crippen molar-refractivity contribution < 1.29 is 23.7 Å². The number of hydrogen-bond donors (Lipinski definition) is 0. The number of amides is 2. The molecular weight excluding hydrogens is 357 g/mol. The summed E-state index contributed by atoms with van der Waals surface area (Å²) in [5.41, 5.74) is -0.258. The third kappa shape index (κ3) is 2.73. The van der Waals surface area contributed by atoms with Crippen LogP contribution in [0.5, 0.6) is 0 Å². The average Bonchev–Trinajstić information content (AvgIpc) is 3.18. The first kappa shape index (κ1) is 16.8. The maximum Gasteiger partial charge on any atom is 0.281 e. The summed E-state index contributed by atoms with van der Waals surface area (Å²) in [6.45, 7) is 0. The monoisotopic (exact) mass is 369 g/mol. The number of non-ortho nitro benzene ring substituents is 1. The van der Waals surface area contributed by atoms with E-state index in [1.54, 1.807) is 0 Å². The van der Waals surface area contributed by atoms with Crippen LogP contribution in [0.1, 0.15) is 18.4 Å². The molecule has 0 aromatic heterocycles. The number of carbonyl (C=O) groups is 2. The van der Waals surface area contributed by atoms with Crippen LogP contribution in [-0.2, 0) is 14.4 Å². The molecule has 1 atom stereocenters. The Kier molecular flexibility index (Phi) is 3.72. The van der Waals surface area contributed by atoms with E-state index >= 15 is 0 Å². The highest BCUT2D eigenvalue weighted by Gasteiger charge is 2.58. The molecule has 0 aliphatic carbocycles. The number of carbonyl (C=O) groups excluding carboxylic acids is 2. The van der Waals surface area contributed by atoms with Gasteiger partial charge < -0.3 is 4.84 Å². The fraction of sp³-hybridized carbons (Fsp3) is 0.167. The Morgan fingerprint density at radius 2 is 1.74 bits per heavy atom. The third-order valence-electron chi connectivity index (χ3n) is 4.56. The highest BCUT2D eigenvalue weighted by atomic mass is 19.1. The SMILES string of the molecule is O=C1C[C@]2(CC(c3ccc([N+](=O)[O-])cc3)=NO2)C(=O)N1c1ccc(F)cc1. The van der Waals surface area contributed by atoms with Gasteiger partial charge in [0.05, 0.1) is 22.7 Å². The molecule has 9 heteroatoms. The number of nitrogens with zero attached hydrogens (tertiary/aromatic N) is 3. The van der Waals surface area contributed by atoms with E-state index in [4.69, 9.17) is 4.84 Å². The van der Waals surface area contributed by atoms with E-state index in [0.717, 1.165) is 17.0 Å². The maximum absolute atomic E-state index is 13.1. The third-order valence-corrected chi connectivity index (χ3v) is 4.56. The zero-order chi connectivity index (χ0) is 19.2. The highest BCUT2D eigenvalue weighted by Crippen LogP contribution is 2.39. The fourth-order valence-electron chi connectivity index (χ4n) is 3.18. The molecule has 0 unspecified atom stereocenters. The standard InChI is InChI=1S/C18H12FN3O5/c19-12-3-7-13(8-4-12)21-16(23)10-18(17(21)24)9-15(20-27-18)11-1-5-14(6-2-11)22(25)26/h1-8H,9-10H2/t18-/m1/s1. The molecule has 0 saturated carbocycles. The second kappa shape index (κ2) is 5.97. The predicted octanol–water partition coefficient (Wildman–Crippen LogP) is 2.56. The van der Waals surface area contributed by atoms with Crippen LogP contribution in [0.25, 0.3) is 0 Å². The Morgan fingerprint density at radius 1 is 1.07 bits per heavy atom. The van der Waals surface area contributed by atoms with Gasteiger partial charge in [-0.1, -0.05) is 5.16 Å². The van der Waals surface area contributed by atoms with Crippen molar-refractivity contribution in [3.05, 3.63) is 70.0 Å². The topological polar surface area (TPSA) is 102 Å². The lowest BCUT2D eigenvalue weighted by Gasteiger charge is -2.19. The molecule has 2 aliphatic heterocycles. The summed E-state index contributed by atoms with van der Waals surface area (Å²) >= 11 is 0. The van der Waals surface area contributed by atoms with E-state index in [2.05, 4.69) is 5.16 Å². The Labute approximate surface area is 152 Å². The van der Waals surface area contributed by atoms with Crippen LogP contribution < -0.4 is 4.90 Å². The van der Waals surface area contributed by atoms with E-state index in [-0.39, 0.29) is 24.2 Å². The lowest BCUT2D eigenvalue weighted by atomic mass is 9.92. The first-order chi connectivity index (χ1) is 12.9. The summed E-state index contributed by atoms with van der Waals surface area (Å²) in [6.07, 6.45) is -0.129. The van der Waals surface area contributed by atoms with Crippen molar-refractivity contribution in [2.45, 2.75) is 18.4 Å². The van der Waals surface area contributed by atoms with Crippen molar-refractivity contribution in [1.29, 1.82) is 0 Å². The maximum atomic E-state index is 13.1. The minimum atomic E-state index is -1.44. The molecule has 2 aliphatic rings. The van der Waals surface area contributed by atoms with Crippen LogP contribution in [0, 0.1) is 15.9 Å². The minimum absolute atomic E-state index is 0.0626. The molecule has 0 N–H and O–H groups in total.